The Kier molecular flexibility index (Phi) is 1.69. The van der Waals surface area contributed by atoms with E-state index in [-0.39, 0.29) is 0 Å². The Morgan fingerprint density at radius 2 is 1.56 bits per heavy atom. The first-order valence-electron chi connectivity index (χ1n) is 6.12. The van der Waals surface area contributed by atoms with Gasteiger partial charge >= 0.3 is 0 Å². The number of phenols is 1. The van der Waals surface area contributed by atoms with Crippen LogP contribution >= 0.6 is 0 Å². The van der Waals surface area contributed by atoms with Crippen molar-refractivity contribution in [2.24, 2.45) is 0 Å². The van der Waals surface area contributed by atoms with Crippen molar-refractivity contribution in [1.29, 1.82) is 0 Å². The molecule has 0 aromatic heterocycles. The lowest BCUT2D eigenvalue weighted by Crippen LogP contribution is -1.79. The maximum absolute atomic E-state index is 9.69. The molecular formula is C17H12O. The molecule has 0 saturated heterocycles. The van der Waals surface area contributed by atoms with Crippen LogP contribution in [0.15, 0.2) is 48.5 Å². The van der Waals surface area contributed by atoms with Gasteiger partial charge in [-0.1, -0.05) is 36.4 Å². The Morgan fingerprint density at radius 3 is 2.44 bits per heavy atom. The Labute approximate surface area is 105 Å². The molecule has 1 N–H and O–H groups in total. The van der Waals surface area contributed by atoms with Crippen molar-refractivity contribution >= 4 is 10.8 Å². The first-order chi connectivity index (χ1) is 8.75. The summed E-state index contributed by atoms with van der Waals surface area (Å²) in [5.41, 5.74) is 6.17. The summed E-state index contributed by atoms with van der Waals surface area (Å²) >= 11 is 0. The van der Waals surface area contributed by atoms with Crippen molar-refractivity contribution in [1.82, 2.24) is 0 Å². The van der Waals surface area contributed by atoms with Crippen LogP contribution in [0.3, 0.4) is 0 Å². The molecule has 86 valence electrons. The lowest BCUT2D eigenvalue weighted by Gasteiger charge is -2.04. The number of fused-ring (bicyclic) bond motifs is 3. The number of benzene rings is 3. The Balaban J connectivity index is 2.26. The standard InChI is InChI=1S/C17H12O/c1-10-5-7-15-16-9-11(18)6-8-13(16)14-4-2-3-12(10)17(14)15/h2-9,18H,1H3. The van der Waals surface area contributed by atoms with Crippen LogP contribution in [0, 0.1) is 6.92 Å². The van der Waals surface area contributed by atoms with Gasteiger partial charge in [-0.25, -0.2) is 0 Å². The van der Waals surface area contributed by atoms with Crippen LogP contribution in [0.1, 0.15) is 5.56 Å². The van der Waals surface area contributed by atoms with Crippen LogP contribution in [0.25, 0.3) is 33.0 Å². The van der Waals surface area contributed by atoms with Gasteiger partial charge in [0.25, 0.3) is 0 Å². The van der Waals surface area contributed by atoms with Gasteiger partial charge in [0.15, 0.2) is 0 Å². The minimum atomic E-state index is 0.329. The molecule has 0 fully saturated rings. The zero-order valence-corrected chi connectivity index (χ0v) is 10.1. The lowest BCUT2D eigenvalue weighted by molar-refractivity contribution is 0.475. The molecule has 1 nitrogen and oxygen atoms in total. The maximum atomic E-state index is 9.69. The molecule has 3 aromatic rings. The van der Waals surface area contributed by atoms with Gasteiger partial charge < -0.3 is 5.11 Å². The third kappa shape index (κ3) is 1.06. The first-order valence-corrected chi connectivity index (χ1v) is 6.12. The molecule has 3 aromatic carbocycles. The average molecular weight is 232 g/mol. The molecule has 0 aliphatic heterocycles. The number of hydrogen-bond acceptors (Lipinski definition) is 1. The summed E-state index contributed by atoms with van der Waals surface area (Å²) in [6, 6.07) is 16.4. The van der Waals surface area contributed by atoms with Crippen molar-refractivity contribution in [2.45, 2.75) is 6.92 Å². The second-order valence-corrected chi connectivity index (χ2v) is 4.89. The van der Waals surface area contributed by atoms with E-state index in [1.807, 2.05) is 12.1 Å². The van der Waals surface area contributed by atoms with Gasteiger partial charge in [-0.3, -0.25) is 0 Å². The molecule has 0 bridgehead atoms. The molecule has 0 spiro atoms. The summed E-state index contributed by atoms with van der Waals surface area (Å²) in [6.45, 7) is 2.14. The maximum Gasteiger partial charge on any atom is 0.116 e. The van der Waals surface area contributed by atoms with Crippen LogP contribution in [0.4, 0.5) is 0 Å². The molecule has 1 aliphatic rings. The molecule has 0 unspecified atom stereocenters. The molecule has 1 aliphatic carbocycles. The van der Waals surface area contributed by atoms with E-state index < -0.39 is 0 Å². The minimum absolute atomic E-state index is 0.329. The second kappa shape index (κ2) is 3.14. The summed E-state index contributed by atoms with van der Waals surface area (Å²) in [5.74, 6) is 0.329. The quantitative estimate of drug-likeness (QED) is 0.473. The van der Waals surface area contributed by atoms with Crippen LogP contribution in [-0.2, 0) is 0 Å². The van der Waals surface area contributed by atoms with Crippen LogP contribution in [0.2, 0.25) is 0 Å². The largest absolute Gasteiger partial charge is 0.508 e. The average Bonchev–Trinajstić information content (AvgIpc) is 2.69. The molecular weight excluding hydrogens is 220 g/mol. The van der Waals surface area contributed by atoms with Crippen molar-refractivity contribution in [3.8, 4) is 28.0 Å². The third-order valence-electron chi connectivity index (χ3n) is 3.84. The Hall–Kier alpha value is -2.28. The van der Waals surface area contributed by atoms with Crippen molar-refractivity contribution in [2.75, 3.05) is 0 Å². The van der Waals surface area contributed by atoms with E-state index in [1.54, 1.807) is 6.07 Å². The summed E-state index contributed by atoms with van der Waals surface area (Å²) in [4.78, 5) is 0. The van der Waals surface area contributed by atoms with Gasteiger partial charge in [0.1, 0.15) is 5.75 Å². The van der Waals surface area contributed by atoms with Gasteiger partial charge in [-0.05, 0) is 57.6 Å². The highest BCUT2D eigenvalue weighted by atomic mass is 16.3. The molecule has 0 heterocycles. The predicted molar refractivity (Wildman–Crippen MR) is 74.8 cm³/mol. The topological polar surface area (TPSA) is 20.2 Å². The number of aryl methyl sites for hydroxylation is 1. The highest BCUT2D eigenvalue weighted by molar-refractivity contribution is 6.16. The summed E-state index contributed by atoms with van der Waals surface area (Å²) < 4.78 is 0. The number of hydrogen-bond donors (Lipinski definition) is 1. The zero-order valence-electron chi connectivity index (χ0n) is 10.1. The van der Waals surface area contributed by atoms with E-state index in [4.69, 9.17) is 0 Å². The zero-order chi connectivity index (χ0) is 12.3. The van der Waals surface area contributed by atoms with Crippen molar-refractivity contribution in [3.63, 3.8) is 0 Å². The van der Waals surface area contributed by atoms with Crippen LogP contribution in [0.5, 0.6) is 5.75 Å². The normalized spacial score (nSPS) is 11.8. The molecule has 0 amide bonds. The van der Waals surface area contributed by atoms with E-state index in [0.717, 1.165) is 5.56 Å². The highest BCUT2D eigenvalue weighted by Gasteiger charge is 2.21. The van der Waals surface area contributed by atoms with E-state index in [9.17, 15) is 5.11 Å². The smallest absolute Gasteiger partial charge is 0.116 e. The van der Waals surface area contributed by atoms with Gasteiger partial charge in [0.05, 0.1) is 0 Å². The van der Waals surface area contributed by atoms with E-state index in [0.29, 0.717) is 5.75 Å². The summed E-state index contributed by atoms with van der Waals surface area (Å²) in [5, 5.41) is 12.3. The fourth-order valence-electron chi connectivity index (χ4n) is 2.99. The fourth-order valence-corrected chi connectivity index (χ4v) is 2.99. The predicted octanol–water partition coefficient (Wildman–Crippen LogP) is 4.50. The second-order valence-electron chi connectivity index (χ2n) is 4.89. The first kappa shape index (κ1) is 9.72. The number of aromatic hydroxyl groups is 1. The van der Waals surface area contributed by atoms with Gasteiger partial charge in [-0.15, -0.1) is 0 Å². The molecule has 0 atom stereocenters. The third-order valence-corrected chi connectivity index (χ3v) is 3.84. The van der Waals surface area contributed by atoms with E-state index in [2.05, 4.69) is 37.3 Å². The SMILES string of the molecule is Cc1ccc2c3c(cccc13)-c1ccc(O)cc1-2. The van der Waals surface area contributed by atoms with E-state index >= 15 is 0 Å². The van der Waals surface area contributed by atoms with Crippen LogP contribution < -0.4 is 0 Å². The molecule has 1 heteroatoms. The molecule has 0 saturated carbocycles. The monoisotopic (exact) mass is 232 g/mol. The van der Waals surface area contributed by atoms with Crippen LogP contribution in [-0.4, -0.2) is 5.11 Å². The molecule has 18 heavy (non-hydrogen) atoms. The van der Waals surface area contributed by atoms with Gasteiger partial charge in [0.2, 0.25) is 0 Å². The van der Waals surface area contributed by atoms with Crippen molar-refractivity contribution in [3.05, 3.63) is 54.1 Å². The molecule has 0 radical (unpaired) electrons. The minimum Gasteiger partial charge on any atom is -0.508 e. The number of rotatable bonds is 0. The Bertz CT molecular complexity index is 800. The molecule has 4 rings (SSSR count). The fraction of sp³-hybridized carbons (Fsp3) is 0.0588. The van der Waals surface area contributed by atoms with Gasteiger partial charge in [0, 0.05) is 0 Å². The summed E-state index contributed by atoms with van der Waals surface area (Å²) in [6.07, 6.45) is 0. The Morgan fingerprint density at radius 1 is 0.778 bits per heavy atom. The van der Waals surface area contributed by atoms with Gasteiger partial charge in [-0.2, -0.15) is 0 Å². The lowest BCUT2D eigenvalue weighted by atomic mass is 9.99. The van der Waals surface area contributed by atoms with E-state index in [1.165, 1.54) is 33.0 Å². The highest BCUT2D eigenvalue weighted by Crippen LogP contribution is 2.48. The number of phenolic OH excluding ortho intramolecular Hbond substituents is 1. The van der Waals surface area contributed by atoms with Crippen molar-refractivity contribution < 1.29 is 5.11 Å². The summed E-state index contributed by atoms with van der Waals surface area (Å²) in [7, 11) is 0.